The molecule has 0 bridgehead atoms. The molecule has 0 aliphatic carbocycles. The van der Waals surface area contributed by atoms with E-state index in [0.717, 1.165) is 12.0 Å². The number of ether oxygens (including phenoxy) is 2. The summed E-state index contributed by atoms with van der Waals surface area (Å²) in [5, 5.41) is 2.92. The summed E-state index contributed by atoms with van der Waals surface area (Å²) in [4.78, 5) is 12.4. The van der Waals surface area contributed by atoms with E-state index in [-0.39, 0.29) is 24.1 Å². The number of carbonyl (C=O) groups excluding carboxylic acids is 1. The molecule has 0 saturated carbocycles. The van der Waals surface area contributed by atoms with Crippen molar-refractivity contribution in [1.82, 2.24) is 9.62 Å². The van der Waals surface area contributed by atoms with Gasteiger partial charge >= 0.3 is 0 Å². The molecule has 1 aromatic rings. The Labute approximate surface area is 155 Å². The molecule has 1 heterocycles. The third kappa shape index (κ3) is 5.11. The molecule has 1 atom stereocenters. The lowest BCUT2D eigenvalue weighted by atomic mass is 9.99. The number of hydrogen-bond donors (Lipinski definition) is 1. The van der Waals surface area contributed by atoms with Crippen molar-refractivity contribution in [3.8, 4) is 11.5 Å². The molecule has 0 radical (unpaired) electrons. The monoisotopic (exact) mass is 384 g/mol. The number of rotatable bonds is 8. The lowest BCUT2D eigenvalue weighted by molar-refractivity contribution is -0.126. The van der Waals surface area contributed by atoms with Gasteiger partial charge in [-0.1, -0.05) is 6.07 Å². The molecule has 1 saturated heterocycles. The smallest absolute Gasteiger partial charge is 0.224 e. The zero-order valence-corrected chi connectivity index (χ0v) is 16.5. The molecule has 1 amide bonds. The Hall–Kier alpha value is -1.80. The predicted octanol–water partition coefficient (Wildman–Crippen LogP) is 1.42. The van der Waals surface area contributed by atoms with Crippen molar-refractivity contribution in [2.45, 2.75) is 26.2 Å². The summed E-state index contributed by atoms with van der Waals surface area (Å²) in [5.41, 5.74) is 1.03. The third-order valence-corrected chi connectivity index (χ3v) is 6.52. The Morgan fingerprint density at radius 2 is 2.00 bits per heavy atom. The zero-order valence-electron chi connectivity index (χ0n) is 15.7. The fourth-order valence-corrected chi connectivity index (χ4v) is 4.28. The molecular formula is C18H28N2O5S. The number of carbonyl (C=O) groups is 1. The molecule has 0 spiro atoms. The highest BCUT2D eigenvalue weighted by molar-refractivity contribution is 7.89. The summed E-state index contributed by atoms with van der Waals surface area (Å²) < 4.78 is 35.9. The van der Waals surface area contributed by atoms with E-state index in [4.69, 9.17) is 9.47 Å². The number of amides is 1. The van der Waals surface area contributed by atoms with Gasteiger partial charge in [0.15, 0.2) is 11.5 Å². The summed E-state index contributed by atoms with van der Waals surface area (Å²) in [6.45, 7) is 2.90. The highest BCUT2D eigenvalue weighted by Gasteiger charge is 2.31. The molecule has 1 aliphatic rings. The van der Waals surface area contributed by atoms with E-state index in [1.807, 2.05) is 18.2 Å². The van der Waals surface area contributed by atoms with Gasteiger partial charge in [0.25, 0.3) is 0 Å². The van der Waals surface area contributed by atoms with E-state index in [0.29, 0.717) is 37.4 Å². The Kier molecular flexibility index (Phi) is 7.28. The van der Waals surface area contributed by atoms with Crippen LogP contribution in [0.3, 0.4) is 0 Å². The number of nitrogens with zero attached hydrogens (tertiary/aromatic N) is 1. The van der Waals surface area contributed by atoms with Crippen molar-refractivity contribution >= 4 is 15.9 Å². The fourth-order valence-electron chi connectivity index (χ4n) is 3.10. The van der Waals surface area contributed by atoms with E-state index >= 15 is 0 Å². The van der Waals surface area contributed by atoms with Crippen molar-refractivity contribution in [3.63, 3.8) is 0 Å². The van der Waals surface area contributed by atoms with Crippen LogP contribution in [0.2, 0.25) is 0 Å². The first-order chi connectivity index (χ1) is 12.4. The second-order valence-corrected chi connectivity index (χ2v) is 8.59. The van der Waals surface area contributed by atoms with Gasteiger partial charge in [-0.25, -0.2) is 12.7 Å². The number of hydrogen-bond acceptors (Lipinski definition) is 5. The topological polar surface area (TPSA) is 84.9 Å². The third-order valence-electron chi connectivity index (χ3n) is 4.67. The molecule has 1 aromatic carbocycles. The molecule has 0 unspecified atom stereocenters. The molecule has 1 fully saturated rings. The maximum atomic E-state index is 12.4. The normalized spacial score (nSPS) is 18.3. The van der Waals surface area contributed by atoms with Gasteiger partial charge in [0.1, 0.15) is 0 Å². The first-order valence-electron chi connectivity index (χ1n) is 8.87. The number of benzene rings is 1. The van der Waals surface area contributed by atoms with E-state index in [1.54, 1.807) is 21.1 Å². The van der Waals surface area contributed by atoms with Gasteiger partial charge in [0.2, 0.25) is 15.9 Å². The van der Waals surface area contributed by atoms with Crippen LogP contribution in [0.1, 0.15) is 25.3 Å². The Morgan fingerprint density at radius 3 is 2.65 bits per heavy atom. The van der Waals surface area contributed by atoms with Crippen molar-refractivity contribution < 1.29 is 22.7 Å². The summed E-state index contributed by atoms with van der Waals surface area (Å²) in [6, 6.07) is 5.66. The average molecular weight is 384 g/mol. The van der Waals surface area contributed by atoms with Crippen LogP contribution in [-0.2, 0) is 21.2 Å². The van der Waals surface area contributed by atoms with Crippen LogP contribution in [-0.4, -0.2) is 58.2 Å². The first-order valence-corrected chi connectivity index (χ1v) is 10.5. The van der Waals surface area contributed by atoms with E-state index < -0.39 is 10.0 Å². The van der Waals surface area contributed by atoms with Crippen molar-refractivity contribution in [2.75, 3.05) is 39.6 Å². The van der Waals surface area contributed by atoms with Gasteiger partial charge in [-0.15, -0.1) is 0 Å². The largest absolute Gasteiger partial charge is 0.493 e. The molecule has 2 rings (SSSR count). The standard InChI is InChI=1S/C18H28N2O5S/c1-4-26(22,23)20-11-5-6-15(13-20)18(21)19-10-9-14-7-8-16(24-2)17(12-14)25-3/h7-8,12,15H,4-6,9-11,13H2,1-3H3,(H,19,21)/t15-/m0/s1. The summed E-state index contributed by atoms with van der Waals surface area (Å²) in [6.07, 6.45) is 2.10. The van der Waals surface area contributed by atoms with Crippen LogP contribution in [0.4, 0.5) is 0 Å². The van der Waals surface area contributed by atoms with E-state index in [1.165, 1.54) is 4.31 Å². The van der Waals surface area contributed by atoms with Crippen LogP contribution >= 0.6 is 0 Å². The summed E-state index contributed by atoms with van der Waals surface area (Å²) in [7, 11) is -0.0648. The maximum Gasteiger partial charge on any atom is 0.224 e. The Morgan fingerprint density at radius 1 is 1.27 bits per heavy atom. The number of methoxy groups -OCH3 is 2. The molecule has 1 N–H and O–H groups in total. The number of piperidine rings is 1. The maximum absolute atomic E-state index is 12.4. The SMILES string of the molecule is CCS(=O)(=O)N1CCC[C@H](C(=O)NCCc2ccc(OC)c(OC)c2)C1. The lowest BCUT2D eigenvalue weighted by Gasteiger charge is -2.30. The van der Waals surface area contributed by atoms with Crippen molar-refractivity contribution in [3.05, 3.63) is 23.8 Å². The highest BCUT2D eigenvalue weighted by Crippen LogP contribution is 2.27. The zero-order chi connectivity index (χ0) is 19.2. The second-order valence-electron chi connectivity index (χ2n) is 6.33. The molecule has 1 aliphatic heterocycles. The average Bonchev–Trinajstić information content (AvgIpc) is 2.67. The van der Waals surface area contributed by atoms with Gasteiger partial charge in [0.05, 0.1) is 25.9 Å². The van der Waals surface area contributed by atoms with Gasteiger partial charge in [-0.05, 0) is 43.9 Å². The molecule has 26 heavy (non-hydrogen) atoms. The van der Waals surface area contributed by atoms with Crippen molar-refractivity contribution in [2.24, 2.45) is 5.92 Å². The molecule has 8 heteroatoms. The molecule has 146 valence electrons. The van der Waals surface area contributed by atoms with Crippen LogP contribution < -0.4 is 14.8 Å². The van der Waals surface area contributed by atoms with Crippen LogP contribution in [0.25, 0.3) is 0 Å². The summed E-state index contributed by atoms with van der Waals surface area (Å²) >= 11 is 0. The highest BCUT2D eigenvalue weighted by atomic mass is 32.2. The quantitative estimate of drug-likeness (QED) is 0.733. The van der Waals surface area contributed by atoms with Crippen LogP contribution in [0.5, 0.6) is 11.5 Å². The fraction of sp³-hybridized carbons (Fsp3) is 0.611. The van der Waals surface area contributed by atoms with Gasteiger partial charge < -0.3 is 14.8 Å². The number of sulfonamides is 1. The molecule has 0 aromatic heterocycles. The van der Waals surface area contributed by atoms with E-state index in [2.05, 4.69) is 5.32 Å². The first kappa shape index (κ1) is 20.5. The minimum absolute atomic E-state index is 0.0701. The minimum atomic E-state index is -3.24. The van der Waals surface area contributed by atoms with Crippen molar-refractivity contribution in [1.29, 1.82) is 0 Å². The second kappa shape index (κ2) is 9.23. The van der Waals surface area contributed by atoms with Crippen LogP contribution in [0, 0.1) is 5.92 Å². The lowest BCUT2D eigenvalue weighted by Crippen LogP contribution is -2.46. The Bertz CT molecular complexity index is 720. The summed E-state index contributed by atoms with van der Waals surface area (Å²) in [5.74, 6) is 1.03. The minimum Gasteiger partial charge on any atom is -0.493 e. The molecular weight excluding hydrogens is 356 g/mol. The van der Waals surface area contributed by atoms with Gasteiger partial charge in [-0.3, -0.25) is 4.79 Å². The Balaban J connectivity index is 1.87. The van der Waals surface area contributed by atoms with E-state index in [9.17, 15) is 13.2 Å². The van der Waals surface area contributed by atoms with Crippen LogP contribution in [0.15, 0.2) is 18.2 Å². The predicted molar refractivity (Wildman–Crippen MR) is 100 cm³/mol. The van der Waals surface area contributed by atoms with Gasteiger partial charge in [-0.2, -0.15) is 0 Å². The number of nitrogens with one attached hydrogen (secondary N) is 1. The van der Waals surface area contributed by atoms with Gasteiger partial charge in [0, 0.05) is 19.6 Å². The molecule has 7 nitrogen and oxygen atoms in total.